The summed E-state index contributed by atoms with van der Waals surface area (Å²) in [5.74, 6) is 0. The van der Waals surface area contributed by atoms with Crippen molar-refractivity contribution in [1.29, 1.82) is 0 Å². The topological polar surface area (TPSA) is 26.0 Å². The average molecular weight is 275 g/mol. The molecule has 0 bridgehead atoms. The molecule has 0 aliphatic heterocycles. The van der Waals surface area contributed by atoms with Crippen LogP contribution in [0.4, 0.5) is 0 Å². The van der Waals surface area contributed by atoms with E-state index in [0.29, 0.717) is 0 Å². The summed E-state index contributed by atoms with van der Waals surface area (Å²) in [7, 11) is 0. The smallest absolute Gasteiger partial charge is 0.0548 e. The Morgan fingerprint density at radius 1 is 1.50 bits per heavy atom. The highest BCUT2D eigenvalue weighted by atomic mass is 79.9. The van der Waals surface area contributed by atoms with E-state index in [1.54, 1.807) is 0 Å². The van der Waals surface area contributed by atoms with Crippen LogP contribution >= 0.6 is 27.5 Å². The maximum atomic E-state index is 6.00. The molecular formula is C11H13BrClN. The maximum Gasteiger partial charge on any atom is 0.0548 e. The molecule has 0 heterocycles. The molecule has 2 N–H and O–H groups in total. The quantitative estimate of drug-likeness (QED) is 0.878. The van der Waals surface area contributed by atoms with Gasteiger partial charge in [-0.2, -0.15) is 0 Å². The lowest BCUT2D eigenvalue weighted by Gasteiger charge is -2.20. The van der Waals surface area contributed by atoms with Gasteiger partial charge >= 0.3 is 0 Å². The van der Waals surface area contributed by atoms with Crippen LogP contribution in [0, 0.1) is 0 Å². The fourth-order valence-electron chi connectivity index (χ4n) is 1.95. The molecule has 1 aromatic carbocycles. The number of hydrogen-bond donors (Lipinski definition) is 1. The van der Waals surface area contributed by atoms with E-state index >= 15 is 0 Å². The zero-order valence-electron chi connectivity index (χ0n) is 8.06. The van der Waals surface area contributed by atoms with Crippen LogP contribution in [0.5, 0.6) is 0 Å². The molecule has 1 unspecified atom stereocenters. The Balaban J connectivity index is 2.38. The molecule has 0 spiro atoms. The summed E-state index contributed by atoms with van der Waals surface area (Å²) in [5, 5.41) is 0.759. The lowest BCUT2D eigenvalue weighted by Crippen LogP contribution is -2.31. The third-order valence-electron chi connectivity index (χ3n) is 3.15. The molecule has 0 aromatic heterocycles. The van der Waals surface area contributed by atoms with Gasteiger partial charge in [0.25, 0.3) is 0 Å². The third kappa shape index (κ3) is 1.60. The van der Waals surface area contributed by atoms with Gasteiger partial charge in [0, 0.05) is 15.9 Å². The summed E-state index contributed by atoms with van der Waals surface area (Å²) >= 11 is 9.40. The van der Waals surface area contributed by atoms with Gasteiger partial charge in [-0.15, -0.1) is 0 Å². The Labute approximate surface area is 97.8 Å². The van der Waals surface area contributed by atoms with E-state index in [2.05, 4.69) is 35.0 Å². The molecule has 1 atom stereocenters. The van der Waals surface area contributed by atoms with Crippen LogP contribution in [0.15, 0.2) is 22.7 Å². The highest BCUT2D eigenvalue weighted by molar-refractivity contribution is 9.10. The second-order valence-electron chi connectivity index (χ2n) is 4.07. The fraction of sp³-hybridized carbons (Fsp3) is 0.455. The van der Waals surface area contributed by atoms with Gasteiger partial charge in [-0.05, 0) is 53.4 Å². The van der Waals surface area contributed by atoms with E-state index in [1.807, 2.05) is 6.07 Å². The first-order valence-electron chi connectivity index (χ1n) is 4.77. The number of rotatable bonds is 2. The van der Waals surface area contributed by atoms with E-state index in [9.17, 15) is 0 Å². The van der Waals surface area contributed by atoms with Gasteiger partial charge in [0.1, 0.15) is 0 Å². The van der Waals surface area contributed by atoms with Gasteiger partial charge in [-0.3, -0.25) is 0 Å². The summed E-state index contributed by atoms with van der Waals surface area (Å²) in [6.45, 7) is 2.08. The lowest BCUT2D eigenvalue weighted by atomic mass is 9.90. The Morgan fingerprint density at radius 2 is 2.14 bits per heavy atom. The summed E-state index contributed by atoms with van der Waals surface area (Å²) < 4.78 is 0.962. The third-order valence-corrected chi connectivity index (χ3v) is 4.37. The summed E-state index contributed by atoms with van der Waals surface area (Å²) in [4.78, 5) is 0. The minimum absolute atomic E-state index is 0.215. The zero-order chi connectivity index (χ0) is 10.3. The molecule has 14 heavy (non-hydrogen) atoms. The molecule has 1 aromatic rings. The van der Waals surface area contributed by atoms with E-state index < -0.39 is 0 Å². The molecule has 76 valence electrons. The number of nitrogens with two attached hydrogens (primary N) is 1. The van der Waals surface area contributed by atoms with Gasteiger partial charge in [0.15, 0.2) is 0 Å². The zero-order valence-corrected chi connectivity index (χ0v) is 10.4. The summed E-state index contributed by atoms with van der Waals surface area (Å²) in [6.07, 6.45) is 2.39. The van der Waals surface area contributed by atoms with E-state index in [4.69, 9.17) is 17.3 Å². The van der Waals surface area contributed by atoms with Crippen molar-refractivity contribution < 1.29 is 0 Å². The predicted octanol–water partition coefficient (Wildman–Crippen LogP) is 3.48. The largest absolute Gasteiger partial charge is 0.327 e. The number of hydrogen-bond acceptors (Lipinski definition) is 1. The van der Waals surface area contributed by atoms with Gasteiger partial charge in [-0.1, -0.05) is 17.7 Å². The molecule has 0 saturated heterocycles. The average Bonchev–Trinajstić information content (AvgIpc) is 2.90. The van der Waals surface area contributed by atoms with Crippen molar-refractivity contribution in [3.63, 3.8) is 0 Å². The highest BCUT2D eigenvalue weighted by Gasteiger charge is 2.47. The van der Waals surface area contributed by atoms with Gasteiger partial charge < -0.3 is 5.73 Å². The van der Waals surface area contributed by atoms with Crippen molar-refractivity contribution in [3.8, 4) is 0 Å². The molecule has 3 heteroatoms. The van der Waals surface area contributed by atoms with Crippen LogP contribution in [0.2, 0.25) is 5.02 Å². The van der Waals surface area contributed by atoms with Crippen LogP contribution < -0.4 is 5.73 Å². The first kappa shape index (κ1) is 10.5. The van der Waals surface area contributed by atoms with Crippen molar-refractivity contribution in [1.82, 2.24) is 0 Å². The molecule has 1 aliphatic carbocycles. The van der Waals surface area contributed by atoms with Crippen LogP contribution in [0.1, 0.15) is 25.3 Å². The Hall–Kier alpha value is -0.0500. The molecule has 1 nitrogen and oxygen atoms in total. The van der Waals surface area contributed by atoms with Crippen molar-refractivity contribution in [2.45, 2.75) is 31.2 Å². The van der Waals surface area contributed by atoms with E-state index in [0.717, 1.165) is 9.50 Å². The molecule has 0 amide bonds. The normalized spacial score (nSPS) is 20.6. The SMILES string of the molecule is CC(N)C1(c2ccc(Cl)c(Br)c2)CC1. The maximum absolute atomic E-state index is 6.00. The number of benzene rings is 1. The second kappa shape index (κ2) is 3.51. The van der Waals surface area contributed by atoms with Crippen molar-refractivity contribution >= 4 is 27.5 Å². The van der Waals surface area contributed by atoms with Gasteiger partial charge in [0.05, 0.1) is 5.02 Å². The molecular weight excluding hydrogens is 261 g/mol. The predicted molar refractivity (Wildman–Crippen MR) is 63.7 cm³/mol. The first-order chi connectivity index (χ1) is 6.56. The fourth-order valence-corrected chi connectivity index (χ4v) is 2.44. The van der Waals surface area contributed by atoms with Crippen molar-refractivity contribution in [3.05, 3.63) is 33.3 Å². The minimum atomic E-state index is 0.215. The summed E-state index contributed by atoms with van der Waals surface area (Å²) in [6, 6.07) is 6.33. The molecule has 2 rings (SSSR count). The van der Waals surface area contributed by atoms with Crippen LogP contribution in [0.25, 0.3) is 0 Å². The standard InChI is InChI=1S/C11H13BrClN/c1-7(14)11(4-5-11)8-2-3-10(13)9(12)6-8/h2-3,6-7H,4-5,14H2,1H3. The van der Waals surface area contributed by atoms with Crippen molar-refractivity contribution in [2.75, 3.05) is 0 Å². The van der Waals surface area contributed by atoms with Crippen molar-refractivity contribution in [2.24, 2.45) is 5.73 Å². The van der Waals surface area contributed by atoms with Gasteiger partial charge in [-0.25, -0.2) is 0 Å². The van der Waals surface area contributed by atoms with E-state index in [-0.39, 0.29) is 11.5 Å². The lowest BCUT2D eigenvalue weighted by molar-refractivity contribution is 0.556. The Kier molecular flexibility index (Phi) is 2.63. The molecule has 1 saturated carbocycles. The van der Waals surface area contributed by atoms with E-state index in [1.165, 1.54) is 18.4 Å². The Morgan fingerprint density at radius 3 is 2.57 bits per heavy atom. The second-order valence-corrected chi connectivity index (χ2v) is 5.34. The highest BCUT2D eigenvalue weighted by Crippen LogP contribution is 2.51. The monoisotopic (exact) mass is 273 g/mol. The Bertz CT molecular complexity index is 358. The molecule has 1 aliphatic rings. The number of halogens is 2. The molecule has 0 radical (unpaired) electrons. The summed E-state index contributed by atoms with van der Waals surface area (Å²) in [5.41, 5.74) is 7.53. The van der Waals surface area contributed by atoms with Crippen LogP contribution in [-0.2, 0) is 5.41 Å². The van der Waals surface area contributed by atoms with Crippen LogP contribution in [0.3, 0.4) is 0 Å². The molecule has 1 fully saturated rings. The first-order valence-corrected chi connectivity index (χ1v) is 5.94. The minimum Gasteiger partial charge on any atom is -0.327 e. The van der Waals surface area contributed by atoms with Crippen LogP contribution in [-0.4, -0.2) is 6.04 Å². The van der Waals surface area contributed by atoms with Gasteiger partial charge in [0.2, 0.25) is 0 Å².